The Morgan fingerprint density at radius 1 is 1.46 bits per heavy atom. The molecule has 0 fully saturated rings. The number of esters is 1. The molecule has 0 aliphatic carbocycles. The van der Waals surface area contributed by atoms with Crippen LogP contribution in [0.1, 0.15) is 27.2 Å². The van der Waals surface area contributed by atoms with Gasteiger partial charge in [-0.3, -0.25) is 9.36 Å². The molecule has 0 aliphatic rings. The molecule has 0 saturated heterocycles. The van der Waals surface area contributed by atoms with Gasteiger partial charge >= 0.3 is 5.97 Å². The van der Waals surface area contributed by atoms with E-state index in [0.717, 1.165) is 6.42 Å². The van der Waals surface area contributed by atoms with E-state index in [1.165, 1.54) is 0 Å². The molecule has 1 atom stereocenters. The first-order valence-electron chi connectivity index (χ1n) is 4.57. The van der Waals surface area contributed by atoms with Gasteiger partial charge in [0.05, 0.1) is 12.5 Å². The molecule has 4 heteroatoms. The minimum Gasteiger partial charge on any atom is -0.466 e. The lowest BCUT2D eigenvalue weighted by Gasteiger charge is -2.14. The number of hydrogen-bond acceptors (Lipinski definition) is 3. The summed E-state index contributed by atoms with van der Waals surface area (Å²) in [6.45, 7) is 6.24. The quantitative estimate of drug-likeness (QED) is 0.493. The second-order valence-corrected chi connectivity index (χ2v) is 4.01. The molecule has 13 heavy (non-hydrogen) atoms. The second-order valence-electron chi connectivity index (χ2n) is 3.39. The van der Waals surface area contributed by atoms with Crippen LogP contribution in [0, 0.1) is 11.8 Å². The first-order chi connectivity index (χ1) is 6.11. The molecule has 0 spiro atoms. The zero-order chi connectivity index (χ0) is 10.3. The van der Waals surface area contributed by atoms with Gasteiger partial charge in [0.15, 0.2) is 8.46 Å². The molecule has 1 unspecified atom stereocenters. The molecule has 76 valence electrons. The number of carbonyl (C=O) groups is 1. The van der Waals surface area contributed by atoms with Crippen molar-refractivity contribution in [3.63, 3.8) is 0 Å². The number of carbonyl (C=O) groups excluding carboxylic acids is 1. The van der Waals surface area contributed by atoms with E-state index >= 15 is 0 Å². The summed E-state index contributed by atoms with van der Waals surface area (Å²) in [7, 11) is 0.0195. The molecular weight excluding hydrogens is 187 g/mol. The molecule has 3 nitrogen and oxygen atoms in total. The lowest BCUT2D eigenvalue weighted by atomic mass is 9.99. The van der Waals surface area contributed by atoms with Gasteiger partial charge in [-0.2, -0.15) is 0 Å². The third-order valence-corrected chi connectivity index (χ3v) is 2.26. The standard InChI is InChI=1S/C9H17O3P/c1-4-12-9(10)8(6-13-11)5-7(2)3/h7-8H,4-6H2,1-3H3. The third-order valence-electron chi connectivity index (χ3n) is 1.67. The van der Waals surface area contributed by atoms with Crippen LogP contribution in [-0.4, -0.2) is 18.7 Å². The summed E-state index contributed by atoms with van der Waals surface area (Å²) in [4.78, 5) is 11.3. The van der Waals surface area contributed by atoms with Gasteiger partial charge in [0.1, 0.15) is 0 Å². The smallest absolute Gasteiger partial charge is 0.309 e. The van der Waals surface area contributed by atoms with Gasteiger partial charge in [0.2, 0.25) is 0 Å². The highest BCUT2D eigenvalue weighted by molar-refractivity contribution is 7.23. The minimum atomic E-state index is -0.223. The first-order valence-corrected chi connectivity index (χ1v) is 5.57. The van der Waals surface area contributed by atoms with Crippen molar-refractivity contribution in [3.8, 4) is 0 Å². The molecule has 0 N–H and O–H groups in total. The van der Waals surface area contributed by atoms with Crippen LogP contribution in [0.5, 0.6) is 0 Å². The normalized spacial score (nSPS) is 13.2. The molecule has 0 aromatic heterocycles. The van der Waals surface area contributed by atoms with Crippen LogP contribution in [0.3, 0.4) is 0 Å². The largest absolute Gasteiger partial charge is 0.466 e. The average Bonchev–Trinajstić information content (AvgIpc) is 2.03. The number of ether oxygens (including phenoxy) is 1. The summed E-state index contributed by atoms with van der Waals surface area (Å²) in [5.74, 6) is -0.00479. The maximum atomic E-state index is 11.3. The highest BCUT2D eigenvalue weighted by Gasteiger charge is 2.20. The SMILES string of the molecule is CCOC(=O)C(CP=O)CC(C)C. The lowest BCUT2D eigenvalue weighted by molar-refractivity contribution is -0.147. The summed E-state index contributed by atoms with van der Waals surface area (Å²) in [6, 6.07) is 0. The maximum Gasteiger partial charge on any atom is 0.309 e. The Kier molecular flexibility index (Phi) is 6.79. The van der Waals surface area contributed by atoms with Crippen molar-refractivity contribution in [2.45, 2.75) is 27.2 Å². The Morgan fingerprint density at radius 3 is 2.46 bits per heavy atom. The molecule has 0 bridgehead atoms. The molecule has 0 aliphatic heterocycles. The fraction of sp³-hybridized carbons (Fsp3) is 0.889. The summed E-state index contributed by atoms with van der Waals surface area (Å²) < 4.78 is 15.3. The summed E-state index contributed by atoms with van der Waals surface area (Å²) in [5.41, 5.74) is 0. The first kappa shape index (κ1) is 12.6. The third kappa shape index (κ3) is 5.75. The van der Waals surface area contributed by atoms with E-state index in [2.05, 4.69) is 0 Å². The topological polar surface area (TPSA) is 43.4 Å². The Balaban J connectivity index is 4.05. The van der Waals surface area contributed by atoms with E-state index in [-0.39, 0.29) is 20.3 Å². The maximum absolute atomic E-state index is 11.3. The Morgan fingerprint density at radius 2 is 2.08 bits per heavy atom. The fourth-order valence-corrected chi connectivity index (χ4v) is 1.64. The molecule has 0 aromatic rings. The zero-order valence-electron chi connectivity index (χ0n) is 8.45. The Hall–Kier alpha value is -0.430. The van der Waals surface area contributed by atoms with Crippen LogP contribution >= 0.6 is 8.46 Å². The van der Waals surface area contributed by atoms with Crippen LogP contribution in [0.4, 0.5) is 0 Å². The predicted molar refractivity (Wildman–Crippen MR) is 52.1 cm³/mol. The number of hydrogen-bond donors (Lipinski definition) is 0. The van der Waals surface area contributed by atoms with Gasteiger partial charge in [0, 0.05) is 6.16 Å². The summed E-state index contributed by atoms with van der Waals surface area (Å²) in [6.07, 6.45) is 1.12. The monoisotopic (exact) mass is 204 g/mol. The van der Waals surface area contributed by atoms with Crippen LogP contribution in [0.2, 0.25) is 0 Å². The second kappa shape index (κ2) is 7.02. The molecule has 0 radical (unpaired) electrons. The van der Waals surface area contributed by atoms with Crippen LogP contribution in [0.15, 0.2) is 0 Å². The van der Waals surface area contributed by atoms with Crippen molar-refractivity contribution in [3.05, 3.63) is 0 Å². The van der Waals surface area contributed by atoms with Crippen molar-refractivity contribution < 1.29 is 14.1 Å². The molecule has 0 amide bonds. The zero-order valence-corrected chi connectivity index (χ0v) is 9.34. The van der Waals surface area contributed by atoms with E-state index in [1.54, 1.807) is 6.92 Å². The lowest BCUT2D eigenvalue weighted by Crippen LogP contribution is -2.21. The highest BCUT2D eigenvalue weighted by atomic mass is 31.1. The number of rotatable bonds is 6. The molecule has 0 saturated carbocycles. The van der Waals surface area contributed by atoms with Crippen molar-refractivity contribution in [2.75, 3.05) is 12.8 Å². The van der Waals surface area contributed by atoms with E-state index in [0.29, 0.717) is 18.7 Å². The fourth-order valence-electron chi connectivity index (χ4n) is 1.16. The molecular formula is C9H17O3P. The van der Waals surface area contributed by atoms with Gasteiger partial charge in [-0.25, -0.2) is 0 Å². The van der Waals surface area contributed by atoms with Crippen molar-refractivity contribution in [2.24, 2.45) is 11.8 Å². The Bertz CT molecular complexity index is 168. The average molecular weight is 204 g/mol. The predicted octanol–water partition coefficient (Wildman–Crippen LogP) is 2.50. The molecule has 0 heterocycles. The van der Waals surface area contributed by atoms with Crippen LogP contribution in [-0.2, 0) is 14.1 Å². The van der Waals surface area contributed by atoms with Gasteiger partial charge in [-0.05, 0) is 19.3 Å². The van der Waals surface area contributed by atoms with Gasteiger partial charge in [-0.1, -0.05) is 13.8 Å². The minimum absolute atomic E-state index is 0.0195. The van der Waals surface area contributed by atoms with Crippen LogP contribution < -0.4 is 0 Å². The van der Waals surface area contributed by atoms with E-state index in [1.807, 2.05) is 13.8 Å². The Labute approximate surface area is 81.1 Å². The van der Waals surface area contributed by atoms with Crippen molar-refractivity contribution in [1.29, 1.82) is 0 Å². The highest BCUT2D eigenvalue weighted by Crippen LogP contribution is 2.17. The van der Waals surface area contributed by atoms with Crippen molar-refractivity contribution in [1.82, 2.24) is 0 Å². The molecule has 0 aromatic carbocycles. The van der Waals surface area contributed by atoms with Crippen LogP contribution in [0.25, 0.3) is 0 Å². The van der Waals surface area contributed by atoms with Gasteiger partial charge in [0.25, 0.3) is 0 Å². The summed E-state index contributed by atoms with van der Waals surface area (Å²) >= 11 is 0. The summed E-state index contributed by atoms with van der Waals surface area (Å²) in [5, 5.41) is 0. The molecule has 0 rings (SSSR count). The van der Waals surface area contributed by atoms with Gasteiger partial charge in [-0.15, -0.1) is 0 Å². The van der Waals surface area contributed by atoms with E-state index in [4.69, 9.17) is 4.74 Å². The van der Waals surface area contributed by atoms with E-state index < -0.39 is 0 Å². The van der Waals surface area contributed by atoms with Gasteiger partial charge < -0.3 is 4.74 Å². The van der Waals surface area contributed by atoms with E-state index in [9.17, 15) is 9.36 Å². The van der Waals surface area contributed by atoms with Crippen molar-refractivity contribution >= 4 is 14.4 Å².